The van der Waals surface area contributed by atoms with Crippen molar-refractivity contribution in [2.75, 3.05) is 24.6 Å². The zero-order chi connectivity index (χ0) is 13.2. The molecule has 1 heterocycles. The first-order chi connectivity index (χ1) is 8.57. The maximum atomic E-state index is 3.81. The fourth-order valence-electron chi connectivity index (χ4n) is 3.24. The summed E-state index contributed by atoms with van der Waals surface area (Å²) in [4.78, 5) is 2.76. The van der Waals surface area contributed by atoms with E-state index in [1.807, 2.05) is 0 Å². The smallest absolute Gasteiger partial charge is 0.0309 e. The third-order valence-corrected chi connectivity index (χ3v) is 5.74. The van der Waals surface area contributed by atoms with Gasteiger partial charge >= 0.3 is 0 Å². The van der Waals surface area contributed by atoms with Crippen LogP contribution in [0, 0.1) is 5.92 Å². The zero-order valence-corrected chi connectivity index (χ0v) is 13.4. The maximum absolute atomic E-state index is 3.81. The van der Waals surface area contributed by atoms with Crippen LogP contribution in [0.3, 0.4) is 0 Å². The molecule has 1 aliphatic heterocycles. The van der Waals surface area contributed by atoms with Gasteiger partial charge < -0.3 is 5.32 Å². The van der Waals surface area contributed by atoms with Crippen LogP contribution in [0.5, 0.6) is 0 Å². The molecule has 2 rings (SSSR count). The second kappa shape index (κ2) is 6.15. The first kappa shape index (κ1) is 14.7. The van der Waals surface area contributed by atoms with Gasteiger partial charge in [-0.2, -0.15) is 11.8 Å². The van der Waals surface area contributed by atoms with Crippen LogP contribution < -0.4 is 5.32 Å². The number of piperazine rings is 1. The molecule has 0 bridgehead atoms. The number of hydrogen-bond donors (Lipinski definition) is 1. The van der Waals surface area contributed by atoms with E-state index in [-0.39, 0.29) is 0 Å². The lowest BCUT2D eigenvalue weighted by atomic mass is 9.90. The van der Waals surface area contributed by atoms with E-state index in [0.717, 1.165) is 18.5 Å². The zero-order valence-electron chi connectivity index (χ0n) is 12.5. The molecule has 1 saturated carbocycles. The minimum Gasteiger partial charge on any atom is -0.308 e. The van der Waals surface area contributed by atoms with Crippen LogP contribution >= 0.6 is 11.8 Å². The summed E-state index contributed by atoms with van der Waals surface area (Å²) >= 11 is 2.08. The second-order valence-corrected chi connectivity index (χ2v) is 7.82. The highest BCUT2D eigenvalue weighted by atomic mass is 32.2. The molecule has 1 aliphatic carbocycles. The van der Waals surface area contributed by atoms with Gasteiger partial charge in [0.15, 0.2) is 0 Å². The van der Waals surface area contributed by atoms with Crippen molar-refractivity contribution in [2.24, 2.45) is 5.92 Å². The number of rotatable bonds is 6. The van der Waals surface area contributed by atoms with Crippen molar-refractivity contribution in [1.82, 2.24) is 10.2 Å². The minimum atomic E-state index is 0.388. The molecule has 0 radical (unpaired) electrons. The van der Waals surface area contributed by atoms with Crippen LogP contribution in [-0.2, 0) is 0 Å². The van der Waals surface area contributed by atoms with Crippen LogP contribution in [0.15, 0.2) is 0 Å². The van der Waals surface area contributed by atoms with Gasteiger partial charge in [0.2, 0.25) is 0 Å². The van der Waals surface area contributed by atoms with E-state index in [1.165, 1.54) is 37.3 Å². The largest absolute Gasteiger partial charge is 0.308 e. The Hall–Kier alpha value is 0.270. The Labute approximate surface area is 117 Å². The predicted molar refractivity (Wildman–Crippen MR) is 82.4 cm³/mol. The van der Waals surface area contributed by atoms with Gasteiger partial charge in [-0.1, -0.05) is 6.92 Å². The van der Waals surface area contributed by atoms with Gasteiger partial charge in [0.25, 0.3) is 0 Å². The molecular formula is C15H30N2S. The molecule has 0 spiro atoms. The monoisotopic (exact) mass is 270 g/mol. The first-order valence-corrected chi connectivity index (χ1v) is 8.81. The average molecular weight is 270 g/mol. The van der Waals surface area contributed by atoms with Gasteiger partial charge in [-0.15, -0.1) is 0 Å². The topological polar surface area (TPSA) is 15.3 Å². The Morgan fingerprint density at radius 3 is 2.78 bits per heavy atom. The lowest BCUT2D eigenvalue weighted by Gasteiger charge is -2.48. The third kappa shape index (κ3) is 3.43. The number of thioether (sulfide) groups is 1. The van der Waals surface area contributed by atoms with Crippen molar-refractivity contribution in [3.05, 3.63) is 0 Å². The molecule has 0 aromatic carbocycles. The van der Waals surface area contributed by atoms with Crippen molar-refractivity contribution in [2.45, 2.75) is 64.6 Å². The van der Waals surface area contributed by atoms with Crippen molar-refractivity contribution in [3.8, 4) is 0 Å². The summed E-state index contributed by atoms with van der Waals surface area (Å²) in [7, 11) is 0. The summed E-state index contributed by atoms with van der Waals surface area (Å²) < 4.78 is 0. The molecule has 18 heavy (non-hydrogen) atoms. The minimum absolute atomic E-state index is 0.388. The summed E-state index contributed by atoms with van der Waals surface area (Å²) in [6.45, 7) is 11.9. The highest BCUT2D eigenvalue weighted by molar-refractivity contribution is 7.99. The Kier molecular flexibility index (Phi) is 5.01. The van der Waals surface area contributed by atoms with E-state index >= 15 is 0 Å². The van der Waals surface area contributed by atoms with E-state index in [2.05, 4.69) is 49.7 Å². The second-order valence-electron chi connectivity index (χ2n) is 6.43. The lowest BCUT2D eigenvalue weighted by molar-refractivity contribution is 0.0512. The molecular weight excluding hydrogens is 240 g/mol. The number of hydrogen-bond acceptors (Lipinski definition) is 3. The molecule has 3 heteroatoms. The molecule has 0 amide bonds. The molecule has 0 aromatic rings. The Morgan fingerprint density at radius 2 is 2.17 bits per heavy atom. The van der Waals surface area contributed by atoms with Crippen molar-refractivity contribution in [3.63, 3.8) is 0 Å². The summed E-state index contributed by atoms with van der Waals surface area (Å²) in [5.74, 6) is 3.50. The molecule has 0 aromatic heterocycles. The van der Waals surface area contributed by atoms with E-state index < -0.39 is 0 Å². The van der Waals surface area contributed by atoms with E-state index in [4.69, 9.17) is 0 Å². The molecule has 1 saturated heterocycles. The average Bonchev–Trinajstić information content (AvgIpc) is 3.17. The standard InChI is InChI=1S/C15H30N2S/c1-5-18-9-8-12(2)17-11-15(4,14-6-7-14)16-10-13(17)3/h12-14,16H,5-11H2,1-4H3. The van der Waals surface area contributed by atoms with Crippen molar-refractivity contribution >= 4 is 11.8 Å². The Morgan fingerprint density at radius 1 is 1.44 bits per heavy atom. The maximum Gasteiger partial charge on any atom is 0.0309 e. The SMILES string of the molecule is CCSCCC(C)N1CC(C)(C2CC2)NCC1C. The summed E-state index contributed by atoms with van der Waals surface area (Å²) in [5.41, 5.74) is 0.388. The quantitative estimate of drug-likeness (QED) is 0.747. The number of nitrogens with one attached hydrogen (secondary N) is 1. The molecule has 3 atom stereocenters. The van der Waals surface area contributed by atoms with Crippen LogP contribution in [-0.4, -0.2) is 47.1 Å². The molecule has 1 N–H and O–H groups in total. The van der Waals surface area contributed by atoms with Gasteiger partial charge in [-0.25, -0.2) is 0 Å². The van der Waals surface area contributed by atoms with Gasteiger partial charge in [-0.05, 0) is 57.5 Å². The lowest BCUT2D eigenvalue weighted by Crippen LogP contribution is -2.65. The van der Waals surface area contributed by atoms with Gasteiger partial charge in [0, 0.05) is 30.7 Å². The molecule has 106 valence electrons. The highest BCUT2D eigenvalue weighted by Gasteiger charge is 2.45. The summed E-state index contributed by atoms with van der Waals surface area (Å²) in [6, 6.07) is 1.43. The third-order valence-electron chi connectivity index (χ3n) is 4.81. The van der Waals surface area contributed by atoms with E-state index in [9.17, 15) is 0 Å². The first-order valence-electron chi connectivity index (χ1n) is 7.65. The van der Waals surface area contributed by atoms with Gasteiger partial charge in [0.1, 0.15) is 0 Å². The fourth-order valence-corrected chi connectivity index (χ4v) is 4.03. The van der Waals surface area contributed by atoms with Crippen LogP contribution in [0.25, 0.3) is 0 Å². The molecule has 2 fully saturated rings. The number of nitrogens with zero attached hydrogens (tertiary/aromatic N) is 1. The molecule has 2 aliphatic rings. The normalized spacial score (nSPS) is 35.7. The van der Waals surface area contributed by atoms with Gasteiger partial charge in [0.05, 0.1) is 0 Å². The Balaban J connectivity index is 1.88. The predicted octanol–water partition coefficient (Wildman–Crippen LogP) is 2.98. The molecule has 3 unspecified atom stereocenters. The van der Waals surface area contributed by atoms with Crippen LogP contribution in [0.2, 0.25) is 0 Å². The van der Waals surface area contributed by atoms with Crippen molar-refractivity contribution < 1.29 is 0 Å². The molecule has 2 nitrogen and oxygen atoms in total. The van der Waals surface area contributed by atoms with E-state index in [0.29, 0.717) is 11.6 Å². The highest BCUT2D eigenvalue weighted by Crippen LogP contribution is 2.41. The fraction of sp³-hybridized carbons (Fsp3) is 1.00. The Bertz CT molecular complexity index is 267. The van der Waals surface area contributed by atoms with Crippen molar-refractivity contribution in [1.29, 1.82) is 0 Å². The van der Waals surface area contributed by atoms with Crippen LogP contribution in [0.1, 0.15) is 47.0 Å². The van der Waals surface area contributed by atoms with E-state index in [1.54, 1.807) is 0 Å². The van der Waals surface area contributed by atoms with Gasteiger partial charge in [-0.3, -0.25) is 4.90 Å². The summed E-state index contributed by atoms with van der Waals surface area (Å²) in [6.07, 6.45) is 4.21. The summed E-state index contributed by atoms with van der Waals surface area (Å²) in [5, 5.41) is 3.81. The van der Waals surface area contributed by atoms with Crippen LogP contribution in [0.4, 0.5) is 0 Å².